The Morgan fingerprint density at radius 2 is 2.18 bits per heavy atom. The largest absolute Gasteiger partial charge is 0.375 e. The van der Waals surface area contributed by atoms with E-state index >= 15 is 0 Å². The molecule has 0 aliphatic carbocycles. The van der Waals surface area contributed by atoms with Crippen molar-refractivity contribution in [3.8, 4) is 0 Å². The van der Waals surface area contributed by atoms with E-state index in [1.54, 1.807) is 0 Å². The molecule has 0 unspecified atom stereocenters. The Kier molecular flexibility index (Phi) is 6.28. The summed E-state index contributed by atoms with van der Waals surface area (Å²) < 4.78 is 5.26. The highest BCUT2D eigenvalue weighted by Gasteiger charge is 1.89. The van der Waals surface area contributed by atoms with Crippen molar-refractivity contribution in [2.24, 2.45) is 0 Å². The van der Waals surface area contributed by atoms with Crippen LogP contribution >= 0.6 is 11.6 Å². The SMILES string of the molecule is C/C=C/C(Cl)=C/COC(C)C. The average Bonchev–Trinajstić information content (AvgIpc) is 1.87. The number of ether oxygens (including phenoxy) is 1. The fraction of sp³-hybridized carbons (Fsp3) is 0.556. The summed E-state index contributed by atoms with van der Waals surface area (Å²) in [5.41, 5.74) is 0. The van der Waals surface area contributed by atoms with Crippen molar-refractivity contribution in [2.45, 2.75) is 26.9 Å². The van der Waals surface area contributed by atoms with Crippen molar-refractivity contribution < 1.29 is 4.74 Å². The van der Waals surface area contributed by atoms with Crippen molar-refractivity contribution in [1.29, 1.82) is 0 Å². The molecule has 0 amide bonds. The van der Waals surface area contributed by atoms with E-state index in [0.717, 1.165) is 5.03 Å². The summed E-state index contributed by atoms with van der Waals surface area (Å²) in [6.45, 7) is 6.51. The normalized spacial score (nSPS) is 13.4. The molecule has 0 saturated carbocycles. The smallest absolute Gasteiger partial charge is 0.0668 e. The van der Waals surface area contributed by atoms with Crippen LogP contribution in [0.25, 0.3) is 0 Å². The van der Waals surface area contributed by atoms with E-state index in [9.17, 15) is 0 Å². The number of hydrogen-bond acceptors (Lipinski definition) is 1. The van der Waals surface area contributed by atoms with Gasteiger partial charge in [-0.05, 0) is 32.9 Å². The molecule has 0 aromatic carbocycles. The van der Waals surface area contributed by atoms with Gasteiger partial charge in [-0.1, -0.05) is 17.7 Å². The molecular weight excluding hydrogens is 160 g/mol. The van der Waals surface area contributed by atoms with E-state index in [1.165, 1.54) is 0 Å². The van der Waals surface area contributed by atoms with Gasteiger partial charge in [0.15, 0.2) is 0 Å². The van der Waals surface area contributed by atoms with Crippen LogP contribution in [-0.4, -0.2) is 12.7 Å². The third-order valence-electron chi connectivity index (χ3n) is 1.03. The first-order valence-electron chi connectivity index (χ1n) is 3.76. The Morgan fingerprint density at radius 3 is 2.64 bits per heavy atom. The van der Waals surface area contributed by atoms with Crippen LogP contribution < -0.4 is 0 Å². The van der Waals surface area contributed by atoms with E-state index in [1.807, 2.05) is 39.0 Å². The van der Waals surface area contributed by atoms with Gasteiger partial charge in [-0.3, -0.25) is 0 Å². The monoisotopic (exact) mass is 174 g/mol. The molecule has 0 N–H and O–H groups in total. The molecule has 0 radical (unpaired) electrons. The molecule has 0 bridgehead atoms. The molecule has 0 aromatic heterocycles. The van der Waals surface area contributed by atoms with Gasteiger partial charge >= 0.3 is 0 Å². The highest BCUT2D eigenvalue weighted by atomic mass is 35.5. The number of hydrogen-bond donors (Lipinski definition) is 0. The van der Waals surface area contributed by atoms with Crippen molar-refractivity contribution in [3.63, 3.8) is 0 Å². The molecule has 64 valence electrons. The predicted octanol–water partition coefficient (Wildman–Crippen LogP) is 3.11. The van der Waals surface area contributed by atoms with E-state index in [-0.39, 0.29) is 6.10 Å². The zero-order valence-electron chi connectivity index (χ0n) is 7.30. The third-order valence-corrected chi connectivity index (χ3v) is 1.31. The van der Waals surface area contributed by atoms with Crippen LogP contribution in [0.5, 0.6) is 0 Å². The predicted molar refractivity (Wildman–Crippen MR) is 49.8 cm³/mol. The molecule has 0 aliphatic rings. The quantitative estimate of drug-likeness (QED) is 0.596. The molecule has 0 rings (SSSR count). The molecule has 0 aliphatic heterocycles. The van der Waals surface area contributed by atoms with Gasteiger partial charge in [0.2, 0.25) is 0 Å². The summed E-state index contributed by atoms with van der Waals surface area (Å²) in [6.07, 6.45) is 5.85. The number of allylic oxidation sites excluding steroid dienone is 3. The van der Waals surface area contributed by atoms with Crippen LogP contribution in [0, 0.1) is 0 Å². The molecule has 2 heteroatoms. The van der Waals surface area contributed by atoms with Gasteiger partial charge in [0.05, 0.1) is 12.7 Å². The molecule has 0 saturated heterocycles. The van der Waals surface area contributed by atoms with Crippen molar-refractivity contribution in [3.05, 3.63) is 23.3 Å². The first-order chi connectivity index (χ1) is 5.16. The van der Waals surface area contributed by atoms with Gasteiger partial charge in [-0.15, -0.1) is 0 Å². The minimum atomic E-state index is 0.265. The van der Waals surface area contributed by atoms with Crippen LogP contribution in [0.1, 0.15) is 20.8 Å². The van der Waals surface area contributed by atoms with E-state index in [0.29, 0.717) is 6.61 Å². The fourth-order valence-corrected chi connectivity index (χ4v) is 0.736. The second kappa shape index (κ2) is 6.44. The van der Waals surface area contributed by atoms with Gasteiger partial charge in [0.1, 0.15) is 0 Å². The van der Waals surface area contributed by atoms with Gasteiger partial charge in [-0.25, -0.2) is 0 Å². The second-order valence-electron chi connectivity index (χ2n) is 2.47. The van der Waals surface area contributed by atoms with Crippen LogP contribution in [0.15, 0.2) is 23.3 Å². The molecular formula is C9H15ClO. The minimum absolute atomic E-state index is 0.265. The standard InChI is InChI=1S/C9H15ClO/c1-4-5-9(10)6-7-11-8(2)3/h4-6,8H,7H2,1-3H3/b5-4+,9-6-. The summed E-state index contributed by atoms with van der Waals surface area (Å²) in [4.78, 5) is 0. The maximum Gasteiger partial charge on any atom is 0.0668 e. The number of halogens is 1. The molecule has 0 spiro atoms. The maximum absolute atomic E-state index is 5.76. The Hall–Kier alpha value is -0.270. The third kappa shape index (κ3) is 7.63. The maximum atomic E-state index is 5.76. The van der Waals surface area contributed by atoms with Gasteiger partial charge in [0.25, 0.3) is 0 Å². The average molecular weight is 175 g/mol. The van der Waals surface area contributed by atoms with Crippen LogP contribution in [-0.2, 0) is 4.74 Å². The second-order valence-corrected chi connectivity index (χ2v) is 2.91. The highest BCUT2D eigenvalue weighted by Crippen LogP contribution is 2.02. The Balaban J connectivity index is 3.56. The Morgan fingerprint density at radius 1 is 1.55 bits per heavy atom. The summed E-state index contributed by atoms with van der Waals surface area (Å²) >= 11 is 5.76. The van der Waals surface area contributed by atoms with Crippen molar-refractivity contribution in [1.82, 2.24) is 0 Å². The van der Waals surface area contributed by atoms with Crippen molar-refractivity contribution in [2.75, 3.05) is 6.61 Å². The minimum Gasteiger partial charge on any atom is -0.375 e. The Labute approximate surface area is 73.7 Å². The van der Waals surface area contributed by atoms with Crippen molar-refractivity contribution >= 4 is 11.6 Å². The highest BCUT2D eigenvalue weighted by molar-refractivity contribution is 6.31. The van der Waals surface area contributed by atoms with E-state index in [4.69, 9.17) is 16.3 Å². The van der Waals surface area contributed by atoms with E-state index < -0.39 is 0 Å². The summed E-state index contributed by atoms with van der Waals surface area (Å²) in [7, 11) is 0. The molecule has 11 heavy (non-hydrogen) atoms. The lowest BCUT2D eigenvalue weighted by Crippen LogP contribution is -2.01. The lowest BCUT2D eigenvalue weighted by molar-refractivity contribution is 0.102. The van der Waals surface area contributed by atoms with Crippen LogP contribution in [0.3, 0.4) is 0 Å². The summed E-state index contributed by atoms with van der Waals surface area (Å²) in [6, 6.07) is 0. The topological polar surface area (TPSA) is 9.23 Å². The lowest BCUT2D eigenvalue weighted by Gasteiger charge is -2.02. The zero-order chi connectivity index (χ0) is 8.69. The van der Waals surface area contributed by atoms with Crippen LogP contribution in [0.4, 0.5) is 0 Å². The van der Waals surface area contributed by atoms with Gasteiger partial charge < -0.3 is 4.74 Å². The van der Waals surface area contributed by atoms with Gasteiger partial charge in [0, 0.05) is 5.03 Å². The molecule has 0 fully saturated rings. The summed E-state index contributed by atoms with van der Waals surface area (Å²) in [5.74, 6) is 0. The Bertz CT molecular complexity index is 148. The first-order valence-corrected chi connectivity index (χ1v) is 4.14. The molecule has 0 atom stereocenters. The summed E-state index contributed by atoms with van der Waals surface area (Å²) in [5, 5.41) is 0.730. The lowest BCUT2D eigenvalue weighted by atomic mass is 10.4. The first kappa shape index (κ1) is 10.7. The fourth-order valence-electron chi connectivity index (χ4n) is 0.547. The van der Waals surface area contributed by atoms with Crippen LogP contribution in [0.2, 0.25) is 0 Å². The number of rotatable bonds is 4. The molecule has 1 nitrogen and oxygen atoms in total. The molecule has 0 aromatic rings. The zero-order valence-corrected chi connectivity index (χ0v) is 8.06. The van der Waals surface area contributed by atoms with E-state index in [2.05, 4.69) is 0 Å². The van der Waals surface area contributed by atoms with Gasteiger partial charge in [-0.2, -0.15) is 0 Å². The molecule has 0 heterocycles.